The minimum atomic E-state index is -0.938. The monoisotopic (exact) mass is 541 g/mol. The summed E-state index contributed by atoms with van der Waals surface area (Å²) in [5.41, 5.74) is 5.43. The first-order valence-corrected chi connectivity index (χ1v) is 16.2. The van der Waals surface area contributed by atoms with Crippen LogP contribution in [0.4, 0.5) is 0 Å². The quantitative estimate of drug-likeness (QED) is 0.102. The van der Waals surface area contributed by atoms with Crippen molar-refractivity contribution in [2.24, 2.45) is 17.8 Å². The molecule has 0 fully saturated rings. The molecule has 0 saturated carbocycles. The van der Waals surface area contributed by atoms with E-state index in [2.05, 4.69) is 59.8 Å². The van der Waals surface area contributed by atoms with Gasteiger partial charge in [-0.1, -0.05) is 109 Å². The lowest BCUT2D eigenvalue weighted by Gasteiger charge is -2.18. The number of carbonyl (C=O) groups is 1. The Morgan fingerprint density at radius 1 is 0.872 bits per heavy atom. The molecule has 3 nitrogen and oxygen atoms in total. The standard InChI is InChI=1S/C36H62O3/c1-8-9-10-11-12-13-27-39-35-33(7)31(5)24-26-34(35)25-23-30(4)20-15-19-28(2)17-14-18-29(3)21-16-22-32(6)36(37)38/h21,24,26,28,30,32H,8-20,22-23,25,27H2,1-7H3,(H,37,38)/p-1/b29-21+. The number of allylic oxidation sites excluding steroid dienone is 2. The lowest BCUT2D eigenvalue weighted by molar-refractivity contribution is -0.311. The number of rotatable bonds is 23. The Kier molecular flexibility index (Phi) is 19.0. The first-order valence-electron chi connectivity index (χ1n) is 16.2. The fraction of sp³-hybridized carbons (Fsp3) is 0.750. The maximum Gasteiger partial charge on any atom is 0.125 e. The van der Waals surface area contributed by atoms with Gasteiger partial charge in [-0.15, -0.1) is 0 Å². The lowest BCUT2D eigenvalue weighted by atomic mass is 9.91. The summed E-state index contributed by atoms with van der Waals surface area (Å²) in [6.07, 6.45) is 21.4. The predicted octanol–water partition coefficient (Wildman–Crippen LogP) is 9.70. The van der Waals surface area contributed by atoms with Crippen LogP contribution in [0.2, 0.25) is 0 Å². The number of hydrogen-bond donors (Lipinski definition) is 0. The van der Waals surface area contributed by atoms with Crippen molar-refractivity contribution >= 4 is 5.97 Å². The van der Waals surface area contributed by atoms with Crippen LogP contribution in [0, 0.1) is 31.6 Å². The minimum absolute atomic E-state index is 0.359. The van der Waals surface area contributed by atoms with E-state index in [1.54, 1.807) is 6.92 Å². The van der Waals surface area contributed by atoms with E-state index in [1.807, 2.05) is 0 Å². The number of benzene rings is 1. The van der Waals surface area contributed by atoms with Crippen LogP contribution in [-0.2, 0) is 11.2 Å². The van der Waals surface area contributed by atoms with Gasteiger partial charge in [-0.3, -0.25) is 0 Å². The van der Waals surface area contributed by atoms with Gasteiger partial charge in [0.2, 0.25) is 0 Å². The molecule has 0 radical (unpaired) electrons. The summed E-state index contributed by atoms with van der Waals surface area (Å²) < 4.78 is 6.37. The third-order valence-corrected chi connectivity index (χ3v) is 8.57. The molecule has 224 valence electrons. The van der Waals surface area contributed by atoms with Crippen molar-refractivity contribution in [3.63, 3.8) is 0 Å². The molecule has 0 spiro atoms. The van der Waals surface area contributed by atoms with E-state index >= 15 is 0 Å². The smallest absolute Gasteiger partial charge is 0.125 e. The van der Waals surface area contributed by atoms with Gasteiger partial charge in [0, 0.05) is 5.97 Å². The topological polar surface area (TPSA) is 49.4 Å². The van der Waals surface area contributed by atoms with Crippen molar-refractivity contribution < 1.29 is 14.6 Å². The van der Waals surface area contributed by atoms with Gasteiger partial charge >= 0.3 is 0 Å². The fourth-order valence-electron chi connectivity index (χ4n) is 5.33. The molecule has 0 N–H and O–H groups in total. The Hall–Kier alpha value is -1.77. The minimum Gasteiger partial charge on any atom is -0.550 e. The molecule has 1 aromatic carbocycles. The van der Waals surface area contributed by atoms with Crippen molar-refractivity contribution in [1.29, 1.82) is 0 Å². The fourth-order valence-corrected chi connectivity index (χ4v) is 5.33. The maximum atomic E-state index is 10.8. The molecule has 0 aromatic heterocycles. The van der Waals surface area contributed by atoms with Gasteiger partial charge in [-0.25, -0.2) is 0 Å². The summed E-state index contributed by atoms with van der Waals surface area (Å²) in [4.78, 5) is 10.8. The predicted molar refractivity (Wildman–Crippen MR) is 166 cm³/mol. The van der Waals surface area contributed by atoms with E-state index in [-0.39, 0.29) is 5.92 Å². The lowest BCUT2D eigenvalue weighted by Crippen LogP contribution is -2.29. The molecule has 0 aliphatic heterocycles. The van der Waals surface area contributed by atoms with E-state index in [4.69, 9.17) is 4.74 Å². The molecular weight excluding hydrogens is 480 g/mol. The first kappa shape index (κ1) is 35.3. The molecule has 1 aromatic rings. The highest BCUT2D eigenvalue weighted by Crippen LogP contribution is 2.30. The second-order valence-corrected chi connectivity index (χ2v) is 12.5. The number of unbranched alkanes of at least 4 members (excludes halogenated alkanes) is 5. The molecule has 0 saturated heterocycles. The van der Waals surface area contributed by atoms with E-state index in [0.717, 1.165) is 49.9 Å². The average molecular weight is 542 g/mol. The third-order valence-electron chi connectivity index (χ3n) is 8.57. The van der Waals surface area contributed by atoms with Crippen molar-refractivity contribution in [1.82, 2.24) is 0 Å². The van der Waals surface area contributed by atoms with E-state index < -0.39 is 5.97 Å². The molecule has 0 heterocycles. The van der Waals surface area contributed by atoms with Gasteiger partial charge in [0.25, 0.3) is 0 Å². The number of aliphatic carboxylic acids is 1. The van der Waals surface area contributed by atoms with Crippen LogP contribution < -0.4 is 9.84 Å². The second kappa shape index (κ2) is 21.0. The normalized spacial score (nSPS) is 14.3. The van der Waals surface area contributed by atoms with Gasteiger partial charge in [-0.05, 0) is 100 Å². The zero-order valence-corrected chi connectivity index (χ0v) is 26.7. The zero-order chi connectivity index (χ0) is 29.0. The highest BCUT2D eigenvalue weighted by Gasteiger charge is 2.12. The summed E-state index contributed by atoms with van der Waals surface area (Å²) in [5.74, 6) is 1.36. The Balaban J connectivity index is 2.31. The SMILES string of the molecule is CCCCCCCCOc1c(CCC(C)CCCC(C)CCC/C(C)=C/CCC(C)C(=O)[O-])ccc(C)c1C. The number of aryl methyl sites for hydroxylation is 2. The van der Waals surface area contributed by atoms with Crippen molar-refractivity contribution in [2.75, 3.05) is 6.61 Å². The highest BCUT2D eigenvalue weighted by molar-refractivity contribution is 5.66. The van der Waals surface area contributed by atoms with Crippen LogP contribution in [0.15, 0.2) is 23.8 Å². The van der Waals surface area contributed by atoms with E-state index in [1.165, 1.54) is 92.9 Å². The largest absolute Gasteiger partial charge is 0.550 e. The maximum absolute atomic E-state index is 10.8. The van der Waals surface area contributed by atoms with Crippen molar-refractivity contribution in [3.8, 4) is 5.75 Å². The van der Waals surface area contributed by atoms with Gasteiger partial charge in [-0.2, -0.15) is 0 Å². The molecule has 1 rings (SSSR count). The van der Waals surface area contributed by atoms with Crippen molar-refractivity contribution in [2.45, 2.75) is 151 Å². The number of carboxylic acid groups (broad SMARTS) is 1. The Morgan fingerprint density at radius 2 is 1.51 bits per heavy atom. The van der Waals surface area contributed by atoms with Crippen molar-refractivity contribution in [3.05, 3.63) is 40.5 Å². The third kappa shape index (κ3) is 16.2. The number of ether oxygens (including phenoxy) is 1. The Bertz CT molecular complexity index is 825. The van der Waals surface area contributed by atoms with E-state index in [0.29, 0.717) is 6.42 Å². The van der Waals surface area contributed by atoms with Crippen LogP contribution in [0.1, 0.15) is 148 Å². The molecule has 0 aliphatic carbocycles. The molecule has 3 unspecified atom stereocenters. The molecule has 0 bridgehead atoms. The van der Waals surface area contributed by atoms with Crippen LogP contribution in [0.3, 0.4) is 0 Å². The molecular formula is C36H61O3-. The molecule has 0 aliphatic rings. The van der Waals surface area contributed by atoms with Crippen LogP contribution >= 0.6 is 0 Å². The number of carboxylic acids is 1. The van der Waals surface area contributed by atoms with Gasteiger partial charge in [0.15, 0.2) is 0 Å². The molecule has 3 atom stereocenters. The van der Waals surface area contributed by atoms with Gasteiger partial charge in [0.05, 0.1) is 6.61 Å². The van der Waals surface area contributed by atoms with E-state index in [9.17, 15) is 9.90 Å². The number of hydrogen-bond acceptors (Lipinski definition) is 3. The molecule has 3 heteroatoms. The summed E-state index contributed by atoms with van der Waals surface area (Å²) >= 11 is 0. The van der Waals surface area contributed by atoms with Crippen LogP contribution in [0.25, 0.3) is 0 Å². The van der Waals surface area contributed by atoms with Crippen LogP contribution in [0.5, 0.6) is 5.75 Å². The summed E-state index contributed by atoms with van der Waals surface area (Å²) in [5, 5.41) is 10.8. The average Bonchev–Trinajstić information content (AvgIpc) is 2.89. The summed E-state index contributed by atoms with van der Waals surface area (Å²) in [6.45, 7) is 16.2. The first-order chi connectivity index (χ1) is 18.6. The summed E-state index contributed by atoms with van der Waals surface area (Å²) in [7, 11) is 0. The molecule has 39 heavy (non-hydrogen) atoms. The van der Waals surface area contributed by atoms with Crippen LogP contribution in [-0.4, -0.2) is 12.6 Å². The Labute approximate surface area is 242 Å². The summed E-state index contributed by atoms with van der Waals surface area (Å²) in [6, 6.07) is 4.56. The van der Waals surface area contributed by atoms with Gasteiger partial charge < -0.3 is 14.6 Å². The highest BCUT2D eigenvalue weighted by atomic mass is 16.5. The van der Waals surface area contributed by atoms with Gasteiger partial charge in [0.1, 0.15) is 5.75 Å². The Morgan fingerprint density at radius 3 is 2.21 bits per heavy atom. The zero-order valence-electron chi connectivity index (χ0n) is 26.7. The number of carbonyl (C=O) groups excluding carboxylic acids is 1. The molecule has 0 amide bonds. The second-order valence-electron chi connectivity index (χ2n) is 12.5.